The monoisotopic (exact) mass is 867 g/mol. The Kier molecular flexibility index (Phi) is 9.07. The summed E-state index contributed by atoms with van der Waals surface area (Å²) in [5.41, 5.74) is 22.3. The number of rotatable bonds is 7. The van der Waals surface area contributed by atoms with E-state index in [1.165, 1.54) is 105 Å². The van der Waals surface area contributed by atoms with E-state index in [1.54, 1.807) is 0 Å². The first-order valence-electron chi connectivity index (χ1n) is 23.9. The van der Waals surface area contributed by atoms with E-state index in [4.69, 9.17) is 0 Å². The summed E-state index contributed by atoms with van der Waals surface area (Å²) >= 11 is 0. The Morgan fingerprint density at radius 3 is 1.63 bits per heavy atom. The van der Waals surface area contributed by atoms with Crippen LogP contribution in [0.15, 0.2) is 243 Å². The lowest BCUT2D eigenvalue weighted by Crippen LogP contribution is -2.22. The summed E-state index contributed by atoms with van der Waals surface area (Å²) in [6, 6.07) is 90.2. The van der Waals surface area contributed by atoms with Crippen LogP contribution >= 0.6 is 0 Å². The van der Waals surface area contributed by atoms with Gasteiger partial charge in [0.1, 0.15) is 0 Å². The molecule has 0 bridgehead atoms. The van der Waals surface area contributed by atoms with Crippen molar-refractivity contribution in [3.63, 3.8) is 0 Å². The number of hydrogen-bond donors (Lipinski definition) is 0. The fourth-order valence-corrected chi connectivity index (χ4v) is 12.0. The lowest BCUT2D eigenvalue weighted by atomic mass is 9.74. The van der Waals surface area contributed by atoms with Crippen LogP contribution in [0.25, 0.3) is 77.2 Å². The highest BCUT2D eigenvalue weighted by Gasteiger charge is 2.41. The molecule has 0 N–H and O–H groups in total. The third-order valence-electron chi connectivity index (χ3n) is 15.3. The molecule has 0 amide bonds. The topological polar surface area (TPSA) is 3.24 Å². The van der Waals surface area contributed by atoms with Gasteiger partial charge in [0.15, 0.2) is 0 Å². The number of nitrogens with zero attached hydrogens (tertiary/aromatic N) is 1. The molecule has 322 valence electrons. The molecular weight excluding hydrogens is 819 g/mol. The van der Waals surface area contributed by atoms with Crippen molar-refractivity contribution in [1.29, 1.82) is 0 Å². The number of fused-ring (bicyclic) bond motifs is 9. The largest absolute Gasteiger partial charge is 0.310 e. The Bertz CT molecular complexity index is 3770. The maximum Gasteiger partial charge on any atom is 0.0540 e. The van der Waals surface area contributed by atoms with Crippen molar-refractivity contribution < 1.29 is 0 Å². The fraction of sp³-hybridized carbons (Fsp3) is 0.0746. The van der Waals surface area contributed by atoms with Crippen LogP contribution in [-0.4, -0.2) is 0 Å². The van der Waals surface area contributed by atoms with Gasteiger partial charge in [0, 0.05) is 27.8 Å². The van der Waals surface area contributed by atoms with Crippen molar-refractivity contribution in [3.8, 4) is 55.6 Å². The molecule has 0 fully saturated rings. The summed E-state index contributed by atoms with van der Waals surface area (Å²) in [6.07, 6.45) is 0. The highest BCUT2D eigenvalue weighted by molar-refractivity contribution is 6.09. The van der Waals surface area contributed by atoms with Crippen LogP contribution in [0.5, 0.6) is 0 Å². The van der Waals surface area contributed by atoms with Crippen molar-refractivity contribution in [2.75, 3.05) is 4.90 Å². The van der Waals surface area contributed by atoms with Crippen LogP contribution < -0.4 is 4.90 Å². The second kappa shape index (κ2) is 15.4. The minimum Gasteiger partial charge on any atom is -0.310 e. The van der Waals surface area contributed by atoms with Crippen molar-refractivity contribution in [3.05, 3.63) is 270 Å². The maximum atomic E-state index is 2.44. The molecule has 0 spiro atoms. The van der Waals surface area contributed by atoms with Gasteiger partial charge in [-0.15, -0.1) is 0 Å². The Morgan fingerprint density at radius 1 is 0.309 bits per heavy atom. The van der Waals surface area contributed by atoms with E-state index in [1.807, 2.05) is 0 Å². The van der Waals surface area contributed by atoms with E-state index in [2.05, 4.69) is 268 Å². The van der Waals surface area contributed by atoms with E-state index in [0.717, 1.165) is 17.1 Å². The second-order valence-corrected chi connectivity index (χ2v) is 19.4. The summed E-state index contributed by atoms with van der Waals surface area (Å²) in [5, 5.41) is 5.04. The highest BCUT2D eigenvalue weighted by Crippen LogP contribution is 2.54. The van der Waals surface area contributed by atoms with Crippen molar-refractivity contribution in [1.82, 2.24) is 0 Å². The first kappa shape index (κ1) is 40.1. The quantitative estimate of drug-likeness (QED) is 0.144. The van der Waals surface area contributed by atoms with Gasteiger partial charge in [0.2, 0.25) is 0 Å². The summed E-state index contributed by atoms with van der Waals surface area (Å²) in [5.74, 6) is 0. The fourth-order valence-electron chi connectivity index (χ4n) is 12.0. The summed E-state index contributed by atoms with van der Waals surface area (Å²) in [4.78, 5) is 2.44. The number of benzene rings is 11. The van der Waals surface area contributed by atoms with E-state index >= 15 is 0 Å². The van der Waals surface area contributed by atoms with Crippen molar-refractivity contribution in [2.24, 2.45) is 0 Å². The van der Waals surface area contributed by atoms with E-state index in [-0.39, 0.29) is 10.8 Å². The van der Waals surface area contributed by atoms with Gasteiger partial charge in [0.25, 0.3) is 0 Å². The minimum atomic E-state index is -0.259. The van der Waals surface area contributed by atoms with Gasteiger partial charge in [-0.05, 0) is 149 Å². The smallest absolute Gasteiger partial charge is 0.0540 e. The van der Waals surface area contributed by atoms with E-state index < -0.39 is 0 Å². The maximum absolute atomic E-state index is 2.44. The number of para-hydroxylation sites is 1. The molecule has 0 saturated carbocycles. The van der Waals surface area contributed by atoms with Gasteiger partial charge >= 0.3 is 0 Å². The first-order chi connectivity index (χ1) is 33.4. The zero-order valence-electron chi connectivity index (χ0n) is 38.5. The van der Waals surface area contributed by atoms with Crippen LogP contribution in [0.1, 0.15) is 48.6 Å². The minimum absolute atomic E-state index is 0.108. The van der Waals surface area contributed by atoms with Gasteiger partial charge in [-0.25, -0.2) is 0 Å². The predicted molar refractivity (Wildman–Crippen MR) is 287 cm³/mol. The Balaban J connectivity index is 0.930. The van der Waals surface area contributed by atoms with Crippen LogP contribution in [0, 0.1) is 0 Å². The van der Waals surface area contributed by atoms with Crippen LogP contribution in [0.2, 0.25) is 0 Å². The number of hydrogen-bond acceptors (Lipinski definition) is 1. The van der Waals surface area contributed by atoms with Gasteiger partial charge in [-0.2, -0.15) is 0 Å². The molecule has 1 nitrogen and oxygen atoms in total. The standard InChI is InChI=1S/C67H49N/c1-66(2)61-25-12-9-22-58(61)60-24-15-23-56(65(60)66)46-32-38-52(39-33-46)68(64-27-14-11-20-55(64)49-35-40-54-48(42-49)29-28-45-16-7-8-19-53(45)54)51-36-30-44(31-37-51)47-34-41-59-57-21-10-13-26-62(57)67(3,63(59)43-47)50-17-5-4-6-18-50/h4-43H,1-3H3. The lowest BCUT2D eigenvalue weighted by Gasteiger charge is -2.29. The molecule has 0 radical (unpaired) electrons. The molecular formula is C67H49N. The van der Waals surface area contributed by atoms with Gasteiger partial charge in [-0.1, -0.05) is 214 Å². The molecule has 68 heavy (non-hydrogen) atoms. The Hall–Kier alpha value is -8.26. The summed E-state index contributed by atoms with van der Waals surface area (Å²) in [6.45, 7) is 7.14. The molecule has 13 rings (SSSR count). The summed E-state index contributed by atoms with van der Waals surface area (Å²) < 4.78 is 0. The summed E-state index contributed by atoms with van der Waals surface area (Å²) in [7, 11) is 0. The van der Waals surface area contributed by atoms with E-state index in [9.17, 15) is 0 Å². The molecule has 0 aromatic heterocycles. The second-order valence-electron chi connectivity index (χ2n) is 19.4. The molecule has 0 saturated heterocycles. The zero-order chi connectivity index (χ0) is 45.6. The molecule has 2 aliphatic carbocycles. The first-order valence-corrected chi connectivity index (χ1v) is 23.9. The molecule has 1 heteroatoms. The van der Waals surface area contributed by atoms with Crippen molar-refractivity contribution in [2.45, 2.75) is 31.6 Å². The molecule has 0 heterocycles. The zero-order valence-corrected chi connectivity index (χ0v) is 38.5. The van der Waals surface area contributed by atoms with Gasteiger partial charge in [-0.3, -0.25) is 0 Å². The Labute approximate surface area is 399 Å². The third kappa shape index (κ3) is 6.09. The predicted octanol–water partition coefficient (Wildman–Crippen LogP) is 18.1. The van der Waals surface area contributed by atoms with E-state index in [0.29, 0.717) is 0 Å². The molecule has 0 aliphatic heterocycles. The normalized spacial score (nSPS) is 15.2. The average molecular weight is 868 g/mol. The lowest BCUT2D eigenvalue weighted by molar-refractivity contribution is 0.662. The average Bonchev–Trinajstić information content (AvgIpc) is 3.80. The van der Waals surface area contributed by atoms with Crippen LogP contribution in [0.4, 0.5) is 17.1 Å². The number of anilines is 3. The van der Waals surface area contributed by atoms with Crippen LogP contribution in [-0.2, 0) is 10.8 Å². The SMILES string of the molecule is CC1(C)c2ccccc2-c2cccc(-c3ccc(N(c4ccc(-c5ccc6c(c5)C(C)(c5ccccc5)c5ccccc5-6)cc4)c4ccccc4-c4ccc5c(ccc6ccccc65)c4)cc3)c21. The highest BCUT2D eigenvalue weighted by atomic mass is 15.1. The van der Waals surface area contributed by atoms with Gasteiger partial charge in [0.05, 0.1) is 5.69 Å². The molecule has 1 atom stereocenters. The third-order valence-corrected chi connectivity index (χ3v) is 15.3. The Morgan fingerprint density at radius 2 is 0.853 bits per heavy atom. The van der Waals surface area contributed by atoms with Crippen LogP contribution in [0.3, 0.4) is 0 Å². The molecule has 1 unspecified atom stereocenters. The molecule has 2 aliphatic rings. The van der Waals surface area contributed by atoms with Gasteiger partial charge < -0.3 is 4.90 Å². The molecule has 11 aromatic carbocycles. The van der Waals surface area contributed by atoms with Crippen molar-refractivity contribution >= 4 is 38.6 Å². The molecule has 11 aromatic rings.